The molecule has 2 nitrogen and oxygen atoms in total. The van der Waals surface area contributed by atoms with E-state index >= 15 is 0 Å². The van der Waals surface area contributed by atoms with Crippen LogP contribution >= 0.6 is 22.6 Å². The van der Waals surface area contributed by atoms with Crippen LogP contribution in [0.3, 0.4) is 0 Å². The van der Waals surface area contributed by atoms with E-state index in [4.69, 9.17) is 0 Å². The summed E-state index contributed by atoms with van der Waals surface area (Å²) in [4.78, 5) is 0. The van der Waals surface area contributed by atoms with Crippen molar-refractivity contribution in [3.63, 3.8) is 0 Å². The average Bonchev–Trinajstić information content (AvgIpc) is 2.12. The molecule has 0 aliphatic rings. The van der Waals surface area contributed by atoms with Crippen molar-refractivity contribution in [2.24, 2.45) is 0 Å². The Bertz CT molecular complexity index is 317. The second-order valence-electron chi connectivity index (χ2n) is 3.27. The zero-order valence-electron chi connectivity index (χ0n) is 8.09. The van der Waals surface area contributed by atoms with Crippen LogP contribution in [-0.2, 0) is 0 Å². The molecule has 0 saturated heterocycles. The largest absolute Gasteiger partial charge is 0.391 e. The maximum absolute atomic E-state index is 13.1. The number of hydrogen-bond acceptors (Lipinski definition) is 2. The van der Waals surface area contributed by atoms with Gasteiger partial charge in [-0.25, -0.2) is 4.39 Å². The highest BCUT2D eigenvalue weighted by molar-refractivity contribution is 14.1. The third kappa shape index (κ3) is 2.81. The summed E-state index contributed by atoms with van der Waals surface area (Å²) in [5, 5.41) is 12.3. The minimum absolute atomic E-state index is 0.0923. The molecule has 0 bridgehead atoms. The summed E-state index contributed by atoms with van der Waals surface area (Å²) in [6.45, 7) is 3.55. The van der Waals surface area contributed by atoms with E-state index in [0.717, 1.165) is 5.69 Å². The molecule has 0 heterocycles. The van der Waals surface area contributed by atoms with Crippen LogP contribution in [0.1, 0.15) is 13.8 Å². The Kier molecular flexibility index (Phi) is 4.12. The quantitative estimate of drug-likeness (QED) is 0.841. The van der Waals surface area contributed by atoms with Gasteiger partial charge >= 0.3 is 0 Å². The van der Waals surface area contributed by atoms with Crippen LogP contribution in [0, 0.1) is 9.39 Å². The molecule has 0 aliphatic carbocycles. The molecule has 0 saturated carbocycles. The molecule has 4 heteroatoms. The molecule has 1 aromatic carbocycles. The first-order valence-corrected chi connectivity index (χ1v) is 5.49. The first-order valence-electron chi connectivity index (χ1n) is 4.41. The number of halogens is 2. The minimum Gasteiger partial charge on any atom is -0.391 e. The summed E-state index contributed by atoms with van der Waals surface area (Å²) in [5.41, 5.74) is 0.721. The van der Waals surface area contributed by atoms with Crippen LogP contribution in [0.2, 0.25) is 0 Å². The number of nitrogens with one attached hydrogen (secondary N) is 1. The Morgan fingerprint density at radius 1 is 1.43 bits per heavy atom. The van der Waals surface area contributed by atoms with Gasteiger partial charge in [0.1, 0.15) is 5.82 Å². The third-order valence-corrected chi connectivity index (χ3v) is 3.15. The van der Waals surface area contributed by atoms with Crippen molar-refractivity contribution in [1.82, 2.24) is 0 Å². The molecule has 2 N–H and O–H groups in total. The molecule has 78 valence electrons. The van der Waals surface area contributed by atoms with Gasteiger partial charge in [0.05, 0.1) is 15.4 Å². The van der Waals surface area contributed by atoms with Gasteiger partial charge in [-0.1, -0.05) is 6.07 Å². The fourth-order valence-corrected chi connectivity index (χ4v) is 1.50. The lowest BCUT2D eigenvalue weighted by atomic mass is 10.2. The zero-order chi connectivity index (χ0) is 10.7. The second kappa shape index (κ2) is 4.93. The van der Waals surface area contributed by atoms with Crippen molar-refractivity contribution < 1.29 is 9.50 Å². The van der Waals surface area contributed by atoms with E-state index in [2.05, 4.69) is 5.32 Å². The van der Waals surface area contributed by atoms with Crippen molar-refractivity contribution in [1.29, 1.82) is 0 Å². The first-order chi connectivity index (χ1) is 6.52. The lowest BCUT2D eigenvalue weighted by Gasteiger charge is -2.18. The Morgan fingerprint density at radius 3 is 2.64 bits per heavy atom. The Hall–Kier alpha value is -0.360. The van der Waals surface area contributed by atoms with E-state index in [9.17, 15) is 9.50 Å². The van der Waals surface area contributed by atoms with Gasteiger partial charge in [0.2, 0.25) is 0 Å². The number of rotatable bonds is 3. The predicted molar refractivity (Wildman–Crippen MR) is 63.9 cm³/mol. The molecule has 0 aromatic heterocycles. The van der Waals surface area contributed by atoms with Gasteiger partial charge in [-0.15, -0.1) is 0 Å². The molecule has 0 amide bonds. The van der Waals surface area contributed by atoms with E-state index < -0.39 is 6.10 Å². The zero-order valence-corrected chi connectivity index (χ0v) is 10.2. The fraction of sp³-hybridized carbons (Fsp3) is 0.400. The molecular weight excluding hydrogens is 296 g/mol. The van der Waals surface area contributed by atoms with Crippen molar-refractivity contribution in [3.8, 4) is 0 Å². The molecule has 0 spiro atoms. The van der Waals surface area contributed by atoms with Gasteiger partial charge < -0.3 is 10.4 Å². The van der Waals surface area contributed by atoms with E-state index in [-0.39, 0.29) is 11.9 Å². The highest BCUT2D eigenvalue weighted by atomic mass is 127. The van der Waals surface area contributed by atoms with E-state index in [1.807, 2.05) is 29.5 Å². The van der Waals surface area contributed by atoms with Gasteiger partial charge in [0, 0.05) is 6.04 Å². The number of hydrogen-bond donors (Lipinski definition) is 2. The summed E-state index contributed by atoms with van der Waals surface area (Å²) in [6.07, 6.45) is -0.464. The lowest BCUT2D eigenvalue weighted by molar-refractivity contribution is 0.178. The van der Waals surface area contributed by atoms with Crippen molar-refractivity contribution in [3.05, 3.63) is 27.6 Å². The average molecular weight is 309 g/mol. The van der Waals surface area contributed by atoms with Crippen LogP contribution in [0.5, 0.6) is 0 Å². The van der Waals surface area contributed by atoms with E-state index in [1.54, 1.807) is 19.1 Å². The summed E-state index contributed by atoms with van der Waals surface area (Å²) in [7, 11) is 0. The normalized spacial score (nSPS) is 14.9. The topological polar surface area (TPSA) is 32.3 Å². The molecule has 0 radical (unpaired) electrons. The predicted octanol–water partition coefficient (Wildman–Crippen LogP) is 2.61. The Labute approximate surface area is 96.7 Å². The van der Waals surface area contributed by atoms with Crippen LogP contribution in [0.15, 0.2) is 18.2 Å². The number of anilines is 1. The molecule has 1 aromatic rings. The molecule has 0 fully saturated rings. The van der Waals surface area contributed by atoms with Gasteiger partial charge in [-0.3, -0.25) is 0 Å². The highest BCUT2D eigenvalue weighted by Gasteiger charge is 2.11. The Balaban J connectivity index is 2.82. The van der Waals surface area contributed by atoms with Crippen LogP contribution in [0.4, 0.5) is 10.1 Å². The van der Waals surface area contributed by atoms with Crippen molar-refractivity contribution in [2.75, 3.05) is 5.32 Å². The number of aliphatic hydroxyl groups is 1. The fourth-order valence-electron chi connectivity index (χ4n) is 0.981. The molecule has 2 atom stereocenters. The smallest absolute Gasteiger partial charge is 0.138 e. The monoisotopic (exact) mass is 309 g/mol. The van der Waals surface area contributed by atoms with Gasteiger partial charge in [-0.2, -0.15) is 0 Å². The van der Waals surface area contributed by atoms with Crippen LogP contribution in [-0.4, -0.2) is 17.3 Å². The molecule has 1 rings (SSSR count). The maximum Gasteiger partial charge on any atom is 0.138 e. The number of benzene rings is 1. The first kappa shape index (κ1) is 11.7. The van der Waals surface area contributed by atoms with Crippen LogP contribution < -0.4 is 5.32 Å². The van der Waals surface area contributed by atoms with Gasteiger partial charge in [-0.05, 0) is 48.6 Å². The summed E-state index contributed by atoms with van der Waals surface area (Å²) >= 11 is 1.94. The van der Waals surface area contributed by atoms with Crippen molar-refractivity contribution >= 4 is 28.3 Å². The van der Waals surface area contributed by atoms with Gasteiger partial charge in [0.15, 0.2) is 0 Å². The summed E-state index contributed by atoms with van der Waals surface area (Å²) in [5.74, 6) is -0.242. The highest BCUT2D eigenvalue weighted by Crippen LogP contribution is 2.21. The molecule has 0 aliphatic heterocycles. The maximum atomic E-state index is 13.1. The SMILES string of the molecule is CC(O)C(C)Nc1cccc(F)c1I. The summed E-state index contributed by atoms with van der Waals surface area (Å²) in [6, 6.07) is 4.77. The second-order valence-corrected chi connectivity index (χ2v) is 4.35. The van der Waals surface area contributed by atoms with Crippen molar-refractivity contribution in [2.45, 2.75) is 26.0 Å². The van der Waals surface area contributed by atoms with E-state index in [1.165, 1.54) is 6.07 Å². The standard InChI is InChI=1S/C10H13FINO/c1-6(7(2)14)13-9-5-3-4-8(11)10(9)12/h3-7,13-14H,1-2H3. The molecular formula is C10H13FINO. The van der Waals surface area contributed by atoms with Gasteiger partial charge in [0.25, 0.3) is 0 Å². The Morgan fingerprint density at radius 2 is 2.07 bits per heavy atom. The lowest BCUT2D eigenvalue weighted by Crippen LogP contribution is -2.28. The van der Waals surface area contributed by atoms with E-state index in [0.29, 0.717) is 3.57 Å². The molecule has 14 heavy (non-hydrogen) atoms. The minimum atomic E-state index is -0.464. The summed E-state index contributed by atoms with van der Waals surface area (Å²) < 4.78 is 13.7. The number of aliphatic hydroxyl groups excluding tert-OH is 1. The third-order valence-electron chi connectivity index (χ3n) is 2.06. The van der Waals surface area contributed by atoms with Crippen LogP contribution in [0.25, 0.3) is 0 Å². The molecule has 2 unspecified atom stereocenters.